The second-order valence-electron chi connectivity index (χ2n) is 12.3. The molecule has 6 nitrogen and oxygen atoms in total. The normalized spacial score (nSPS) is 15.5. The molecule has 240 valence electrons. The Labute approximate surface area is 276 Å². The smallest absolute Gasteiger partial charge is 0.256 e. The van der Waals surface area contributed by atoms with Gasteiger partial charge in [-0.15, -0.1) is 0 Å². The van der Waals surface area contributed by atoms with Crippen molar-refractivity contribution in [3.63, 3.8) is 0 Å². The Hall–Kier alpha value is -5.50. The topological polar surface area (TPSA) is 56.1 Å². The molecule has 1 fully saturated rings. The Morgan fingerprint density at radius 3 is 1.98 bits per heavy atom. The van der Waals surface area contributed by atoms with Crippen molar-refractivity contribution in [2.24, 2.45) is 4.99 Å². The number of ether oxygens (including phenoxy) is 2. The Morgan fingerprint density at radius 1 is 0.771 bits per heavy atom. The number of carbonyl (C=O) groups excluding carboxylic acids is 1. The van der Waals surface area contributed by atoms with Crippen LogP contribution >= 0.6 is 0 Å². The van der Waals surface area contributed by atoms with E-state index in [1.165, 1.54) is 24.3 Å². The van der Waals surface area contributed by atoms with Gasteiger partial charge in [0.15, 0.2) is 11.5 Å². The molecule has 0 bridgehead atoms. The summed E-state index contributed by atoms with van der Waals surface area (Å²) in [6.45, 7) is 1.84. The fraction of sp³-hybridized carbons (Fsp3) is 0.200. The molecule has 48 heavy (non-hydrogen) atoms. The molecule has 0 aliphatic carbocycles. The first-order valence-corrected chi connectivity index (χ1v) is 16.2. The number of nitrogens with zero attached hydrogens (tertiary/aromatic N) is 3. The van der Waals surface area contributed by atoms with Gasteiger partial charge in [-0.1, -0.05) is 36.4 Å². The number of aromatic nitrogens is 1. The molecule has 6 aromatic rings. The van der Waals surface area contributed by atoms with E-state index in [2.05, 4.69) is 46.0 Å². The first-order chi connectivity index (χ1) is 23.5. The number of aryl methyl sites for hydroxylation is 1. The lowest BCUT2D eigenvalue weighted by molar-refractivity contribution is 0.0774. The van der Waals surface area contributed by atoms with Crippen molar-refractivity contribution < 1.29 is 23.0 Å². The quantitative estimate of drug-likeness (QED) is 0.156. The predicted molar refractivity (Wildman–Crippen MR) is 186 cm³/mol. The monoisotopic (exact) mass is 641 g/mol. The van der Waals surface area contributed by atoms with Crippen molar-refractivity contribution in [3.05, 3.63) is 114 Å². The van der Waals surface area contributed by atoms with E-state index < -0.39 is 0 Å². The Morgan fingerprint density at radius 2 is 1.38 bits per heavy atom. The lowest BCUT2D eigenvalue weighted by Gasteiger charge is -2.20. The van der Waals surface area contributed by atoms with Crippen LogP contribution in [0.15, 0.2) is 102 Å². The van der Waals surface area contributed by atoms with Gasteiger partial charge in [0.05, 0.1) is 31.0 Å². The van der Waals surface area contributed by atoms with Crippen LogP contribution in [0.3, 0.4) is 0 Å². The highest BCUT2D eigenvalue weighted by atomic mass is 19.1. The summed E-state index contributed by atoms with van der Waals surface area (Å²) in [4.78, 5) is 19.8. The summed E-state index contributed by atoms with van der Waals surface area (Å²) in [5, 5.41) is 2.15. The lowest BCUT2D eigenvalue weighted by atomic mass is 10.0. The van der Waals surface area contributed by atoms with Crippen molar-refractivity contribution in [1.29, 1.82) is 0 Å². The van der Waals surface area contributed by atoms with Crippen LogP contribution in [-0.2, 0) is 6.54 Å². The molecule has 8 heteroatoms. The van der Waals surface area contributed by atoms with Crippen LogP contribution in [-0.4, -0.2) is 47.9 Å². The van der Waals surface area contributed by atoms with Crippen LogP contribution in [0, 0.1) is 11.6 Å². The minimum atomic E-state index is -0.271. The Kier molecular flexibility index (Phi) is 7.63. The standard InChI is InChI=1S/C40H33F2N3O3/c1-47-38-22-34-35(43-24-31-4-2-17-44(31)40(34)46)23-39(38)48-19-3-18-45-36-15-9-27(25-5-11-29(41)12-6-25)20-32(36)33-21-28(10-16-37(33)45)26-7-13-30(42)14-8-26/h5-16,20-24,31H,2-4,17-19H2,1H3/t31-/m0/s1. The van der Waals surface area contributed by atoms with Crippen molar-refractivity contribution >= 4 is 39.6 Å². The number of amides is 1. The van der Waals surface area contributed by atoms with Gasteiger partial charge in [-0.05, 0) is 96.1 Å². The summed E-state index contributed by atoms with van der Waals surface area (Å²) in [5.74, 6) is 0.499. The summed E-state index contributed by atoms with van der Waals surface area (Å²) < 4.78 is 41.6. The van der Waals surface area contributed by atoms with Crippen LogP contribution in [0.5, 0.6) is 11.5 Å². The molecule has 0 radical (unpaired) electrons. The fourth-order valence-corrected chi connectivity index (χ4v) is 7.01. The van der Waals surface area contributed by atoms with Crippen LogP contribution in [0.25, 0.3) is 44.1 Å². The van der Waals surface area contributed by atoms with Gasteiger partial charge in [-0.25, -0.2) is 8.78 Å². The van der Waals surface area contributed by atoms with Gasteiger partial charge < -0.3 is 18.9 Å². The van der Waals surface area contributed by atoms with Crippen molar-refractivity contribution in [2.45, 2.75) is 31.8 Å². The van der Waals surface area contributed by atoms with Gasteiger partial charge in [0.25, 0.3) is 5.91 Å². The maximum absolute atomic E-state index is 13.7. The molecule has 1 aromatic heterocycles. The van der Waals surface area contributed by atoms with E-state index in [0.717, 1.165) is 63.4 Å². The summed E-state index contributed by atoms with van der Waals surface area (Å²) in [6.07, 6.45) is 4.48. The number of hydrogen-bond donors (Lipinski definition) is 0. The summed E-state index contributed by atoms with van der Waals surface area (Å²) in [5.41, 5.74) is 7.13. The predicted octanol–water partition coefficient (Wildman–Crippen LogP) is 9.20. The SMILES string of the molecule is COc1cc2c(cc1OCCCn1c3ccc(-c4ccc(F)cc4)cc3c3cc(-c4ccc(F)cc4)ccc31)N=C[C@@H]1CCCN1C2=O. The molecule has 2 aliphatic heterocycles. The number of fused-ring (bicyclic) bond motifs is 5. The minimum Gasteiger partial charge on any atom is -0.493 e. The third kappa shape index (κ3) is 5.37. The second kappa shape index (κ2) is 12.3. The van der Waals surface area contributed by atoms with E-state index in [9.17, 15) is 13.6 Å². The fourth-order valence-electron chi connectivity index (χ4n) is 7.01. The molecule has 1 amide bonds. The summed E-state index contributed by atoms with van der Waals surface area (Å²) >= 11 is 0. The maximum Gasteiger partial charge on any atom is 0.256 e. The van der Waals surface area contributed by atoms with Gasteiger partial charge in [0.1, 0.15) is 11.6 Å². The van der Waals surface area contributed by atoms with E-state index in [4.69, 9.17) is 9.47 Å². The molecular formula is C40H33F2N3O3. The number of hydrogen-bond acceptors (Lipinski definition) is 4. The number of aliphatic imine (C=N–C) groups is 1. The zero-order valence-electron chi connectivity index (χ0n) is 26.5. The van der Waals surface area contributed by atoms with Crippen molar-refractivity contribution in [2.75, 3.05) is 20.3 Å². The number of benzene rings is 5. The maximum atomic E-state index is 13.7. The first-order valence-electron chi connectivity index (χ1n) is 16.2. The van der Waals surface area contributed by atoms with Gasteiger partial charge in [0.2, 0.25) is 0 Å². The average molecular weight is 642 g/mol. The number of halogens is 2. The number of rotatable bonds is 8. The van der Waals surface area contributed by atoms with Crippen LogP contribution in [0.4, 0.5) is 14.5 Å². The third-order valence-electron chi connectivity index (χ3n) is 9.46. The minimum absolute atomic E-state index is 0.0219. The van der Waals surface area contributed by atoms with E-state index in [1.54, 1.807) is 43.5 Å². The van der Waals surface area contributed by atoms with E-state index in [-0.39, 0.29) is 23.6 Å². The van der Waals surface area contributed by atoms with E-state index in [0.29, 0.717) is 42.3 Å². The highest BCUT2D eigenvalue weighted by Gasteiger charge is 2.32. The van der Waals surface area contributed by atoms with Gasteiger partial charge in [-0.2, -0.15) is 0 Å². The second-order valence-corrected chi connectivity index (χ2v) is 12.3. The molecule has 2 aliphatic rings. The van der Waals surface area contributed by atoms with Gasteiger partial charge in [-0.3, -0.25) is 9.79 Å². The lowest BCUT2D eigenvalue weighted by Crippen LogP contribution is -2.35. The third-order valence-corrected chi connectivity index (χ3v) is 9.46. The molecule has 3 heterocycles. The van der Waals surface area contributed by atoms with Crippen LogP contribution in [0.1, 0.15) is 29.6 Å². The molecule has 0 N–H and O–H groups in total. The number of methoxy groups -OCH3 is 1. The molecule has 5 aromatic carbocycles. The van der Waals surface area contributed by atoms with Gasteiger partial charge in [0, 0.05) is 47.2 Å². The molecule has 0 unspecified atom stereocenters. The molecule has 8 rings (SSSR count). The molecule has 1 atom stereocenters. The Balaban J connectivity index is 1.09. The number of carbonyl (C=O) groups is 1. The van der Waals surface area contributed by atoms with Crippen molar-refractivity contribution in [3.8, 4) is 33.8 Å². The first kappa shape index (κ1) is 29.9. The molecule has 0 saturated carbocycles. The zero-order valence-corrected chi connectivity index (χ0v) is 26.5. The summed E-state index contributed by atoms with van der Waals surface area (Å²) in [7, 11) is 1.58. The average Bonchev–Trinajstić information content (AvgIpc) is 3.68. The highest BCUT2D eigenvalue weighted by Crippen LogP contribution is 2.39. The highest BCUT2D eigenvalue weighted by molar-refractivity contribution is 6.10. The molecular weight excluding hydrogens is 608 g/mol. The molecule has 1 saturated heterocycles. The van der Waals surface area contributed by atoms with Crippen molar-refractivity contribution in [1.82, 2.24) is 9.47 Å². The van der Waals surface area contributed by atoms with E-state index in [1.807, 2.05) is 11.1 Å². The van der Waals surface area contributed by atoms with Crippen LogP contribution in [0.2, 0.25) is 0 Å². The van der Waals surface area contributed by atoms with Crippen LogP contribution < -0.4 is 9.47 Å². The zero-order chi connectivity index (χ0) is 32.8. The largest absolute Gasteiger partial charge is 0.493 e. The van der Waals surface area contributed by atoms with E-state index >= 15 is 0 Å². The molecule has 0 spiro atoms. The van der Waals surface area contributed by atoms with Gasteiger partial charge >= 0.3 is 0 Å². The Bertz CT molecular complexity index is 2100. The summed E-state index contributed by atoms with van der Waals surface area (Å²) in [6, 6.07) is 29.3.